The monoisotopic (exact) mass is 266 g/mol. The van der Waals surface area contributed by atoms with E-state index in [1.807, 2.05) is 12.1 Å². The van der Waals surface area contributed by atoms with Crippen LogP contribution in [-0.4, -0.2) is 35.7 Å². The predicted molar refractivity (Wildman–Crippen MR) is 72.1 cm³/mol. The van der Waals surface area contributed by atoms with Gasteiger partial charge in [0.05, 0.1) is 25.5 Å². The van der Waals surface area contributed by atoms with Crippen LogP contribution in [0.15, 0.2) is 12.3 Å². The molecule has 0 radical (unpaired) electrons. The largest absolute Gasteiger partial charge is 0.384 e. The van der Waals surface area contributed by atoms with Crippen LogP contribution in [0.5, 0.6) is 0 Å². The summed E-state index contributed by atoms with van der Waals surface area (Å²) in [5.41, 5.74) is 9.03. The predicted octanol–water partition coefficient (Wildman–Crippen LogP) is 1.44. The van der Waals surface area contributed by atoms with E-state index in [0.717, 1.165) is 43.2 Å². The van der Waals surface area contributed by atoms with Crippen LogP contribution in [0.1, 0.15) is 11.3 Å². The van der Waals surface area contributed by atoms with Crippen molar-refractivity contribution in [3.63, 3.8) is 0 Å². The van der Waals surface area contributed by atoms with Gasteiger partial charge in [-0.3, -0.25) is 4.42 Å². The van der Waals surface area contributed by atoms with Gasteiger partial charge in [-0.1, -0.05) is 0 Å². The SMILES string of the molecule is Nc1cc(N2CCOCC2)c2c(n1)C=CN(Cl)C2. The molecule has 96 valence electrons. The van der Waals surface area contributed by atoms with Crippen molar-refractivity contribution in [3.8, 4) is 0 Å². The number of nitrogens with two attached hydrogens (primary N) is 1. The highest BCUT2D eigenvalue weighted by molar-refractivity contribution is 6.14. The highest BCUT2D eigenvalue weighted by atomic mass is 35.5. The van der Waals surface area contributed by atoms with E-state index in [1.165, 1.54) is 0 Å². The zero-order valence-corrected chi connectivity index (χ0v) is 10.7. The molecular weight excluding hydrogens is 252 g/mol. The maximum atomic E-state index is 6.04. The smallest absolute Gasteiger partial charge is 0.126 e. The summed E-state index contributed by atoms with van der Waals surface area (Å²) in [5, 5.41) is 0. The molecule has 2 aliphatic heterocycles. The van der Waals surface area contributed by atoms with Crippen LogP contribution in [0.3, 0.4) is 0 Å². The van der Waals surface area contributed by atoms with E-state index >= 15 is 0 Å². The first kappa shape index (κ1) is 11.6. The lowest BCUT2D eigenvalue weighted by Gasteiger charge is -2.32. The van der Waals surface area contributed by atoms with E-state index in [2.05, 4.69) is 9.88 Å². The van der Waals surface area contributed by atoms with Crippen LogP contribution in [0.2, 0.25) is 0 Å². The highest BCUT2D eigenvalue weighted by Crippen LogP contribution is 2.31. The number of pyridine rings is 1. The summed E-state index contributed by atoms with van der Waals surface area (Å²) < 4.78 is 7.01. The molecule has 0 aromatic carbocycles. The molecule has 0 unspecified atom stereocenters. The second kappa shape index (κ2) is 4.66. The van der Waals surface area contributed by atoms with Gasteiger partial charge in [0.2, 0.25) is 0 Å². The van der Waals surface area contributed by atoms with Crippen LogP contribution >= 0.6 is 11.8 Å². The van der Waals surface area contributed by atoms with Crippen LogP contribution in [-0.2, 0) is 11.3 Å². The molecule has 0 spiro atoms. The fourth-order valence-corrected chi connectivity index (χ4v) is 2.51. The van der Waals surface area contributed by atoms with Gasteiger partial charge in [0, 0.05) is 48.4 Å². The zero-order chi connectivity index (χ0) is 12.5. The van der Waals surface area contributed by atoms with Crippen molar-refractivity contribution < 1.29 is 4.74 Å². The normalized spacial score (nSPS) is 18.9. The number of anilines is 2. The minimum atomic E-state index is 0.544. The third-order valence-corrected chi connectivity index (χ3v) is 3.44. The summed E-state index contributed by atoms with van der Waals surface area (Å²) in [6.07, 6.45) is 3.70. The third kappa shape index (κ3) is 2.11. The minimum absolute atomic E-state index is 0.544. The van der Waals surface area contributed by atoms with Gasteiger partial charge in [0.1, 0.15) is 5.82 Å². The van der Waals surface area contributed by atoms with Gasteiger partial charge in [0.25, 0.3) is 0 Å². The van der Waals surface area contributed by atoms with Gasteiger partial charge in [-0.15, -0.1) is 0 Å². The Kier molecular flexibility index (Phi) is 3.01. The first-order valence-corrected chi connectivity index (χ1v) is 6.30. The first-order valence-electron chi connectivity index (χ1n) is 5.97. The van der Waals surface area contributed by atoms with Crippen molar-refractivity contribution in [2.75, 3.05) is 36.9 Å². The number of aromatic nitrogens is 1. The molecule has 3 heterocycles. The van der Waals surface area contributed by atoms with Gasteiger partial charge in [-0.25, -0.2) is 4.98 Å². The molecule has 1 aromatic heterocycles. The Morgan fingerprint density at radius 3 is 2.89 bits per heavy atom. The molecule has 1 saturated heterocycles. The molecule has 0 bridgehead atoms. The molecule has 1 aromatic rings. The highest BCUT2D eigenvalue weighted by Gasteiger charge is 2.21. The number of hydrogen-bond acceptors (Lipinski definition) is 5. The average molecular weight is 267 g/mol. The van der Waals surface area contributed by atoms with Gasteiger partial charge < -0.3 is 15.4 Å². The van der Waals surface area contributed by atoms with Crippen molar-refractivity contribution in [3.05, 3.63) is 23.5 Å². The molecule has 1 fully saturated rings. The van der Waals surface area contributed by atoms with Gasteiger partial charge in [0.15, 0.2) is 0 Å². The van der Waals surface area contributed by atoms with Crippen LogP contribution in [0, 0.1) is 0 Å². The zero-order valence-electron chi connectivity index (χ0n) is 9.97. The fourth-order valence-electron chi connectivity index (χ4n) is 2.34. The van der Waals surface area contributed by atoms with Crippen molar-refractivity contribution in [2.24, 2.45) is 0 Å². The maximum Gasteiger partial charge on any atom is 0.126 e. The summed E-state index contributed by atoms with van der Waals surface area (Å²) in [5.74, 6) is 0.544. The van der Waals surface area contributed by atoms with E-state index < -0.39 is 0 Å². The van der Waals surface area contributed by atoms with E-state index in [-0.39, 0.29) is 0 Å². The Morgan fingerprint density at radius 2 is 2.11 bits per heavy atom. The lowest BCUT2D eigenvalue weighted by molar-refractivity contribution is 0.122. The number of fused-ring (bicyclic) bond motifs is 1. The molecule has 0 saturated carbocycles. The Morgan fingerprint density at radius 1 is 1.33 bits per heavy atom. The summed E-state index contributed by atoms with van der Waals surface area (Å²) in [7, 11) is 0. The fraction of sp³-hybridized carbons (Fsp3) is 0.417. The van der Waals surface area contributed by atoms with Crippen LogP contribution in [0.4, 0.5) is 11.5 Å². The number of halogens is 1. The van der Waals surface area contributed by atoms with Crippen molar-refractivity contribution in [1.82, 2.24) is 9.40 Å². The second-order valence-electron chi connectivity index (χ2n) is 4.40. The Balaban J connectivity index is 2.02. The van der Waals surface area contributed by atoms with E-state index in [4.69, 9.17) is 22.2 Å². The summed E-state index contributed by atoms with van der Waals surface area (Å²) in [6, 6.07) is 1.92. The Bertz CT molecular complexity index is 485. The maximum absolute atomic E-state index is 6.04. The van der Waals surface area contributed by atoms with Crippen LogP contribution in [0.25, 0.3) is 6.08 Å². The number of nitrogens with zero attached hydrogens (tertiary/aromatic N) is 3. The summed E-state index contributed by atoms with van der Waals surface area (Å²) in [6.45, 7) is 3.89. The second-order valence-corrected chi connectivity index (χ2v) is 4.84. The first-order chi connectivity index (χ1) is 8.74. The quantitative estimate of drug-likeness (QED) is 0.780. The van der Waals surface area contributed by atoms with Crippen LogP contribution < -0.4 is 10.6 Å². The minimum Gasteiger partial charge on any atom is -0.384 e. The van der Waals surface area contributed by atoms with E-state index in [1.54, 1.807) is 10.6 Å². The molecule has 3 rings (SSSR count). The molecule has 5 nitrogen and oxygen atoms in total. The number of ether oxygens (including phenoxy) is 1. The average Bonchev–Trinajstić information content (AvgIpc) is 2.39. The van der Waals surface area contributed by atoms with Crippen molar-refractivity contribution in [2.45, 2.75) is 6.54 Å². The molecule has 18 heavy (non-hydrogen) atoms. The lowest BCUT2D eigenvalue weighted by Crippen LogP contribution is -2.37. The summed E-state index contributed by atoms with van der Waals surface area (Å²) in [4.78, 5) is 6.63. The Labute approximate surface area is 111 Å². The van der Waals surface area contributed by atoms with E-state index in [9.17, 15) is 0 Å². The lowest BCUT2D eigenvalue weighted by atomic mass is 10.1. The van der Waals surface area contributed by atoms with Crippen molar-refractivity contribution in [1.29, 1.82) is 0 Å². The molecule has 0 aliphatic carbocycles. The number of hydrogen-bond donors (Lipinski definition) is 1. The van der Waals surface area contributed by atoms with Gasteiger partial charge in [-0.2, -0.15) is 0 Å². The number of rotatable bonds is 1. The molecular formula is C12H15ClN4O. The molecule has 6 heteroatoms. The van der Waals surface area contributed by atoms with Gasteiger partial charge in [-0.05, 0) is 6.08 Å². The standard InChI is InChI=1S/C12H15ClN4O/c13-17-2-1-10-9(8-17)11(7-12(14)15-10)16-3-5-18-6-4-16/h1-2,7H,3-6,8H2,(H2,14,15). The molecule has 2 N–H and O–H groups in total. The molecule has 0 atom stereocenters. The van der Waals surface area contributed by atoms with E-state index in [0.29, 0.717) is 12.4 Å². The molecule has 2 aliphatic rings. The van der Waals surface area contributed by atoms with Gasteiger partial charge >= 0.3 is 0 Å². The Hall–Kier alpha value is -1.46. The topological polar surface area (TPSA) is 54.6 Å². The molecule has 0 amide bonds. The number of nitrogen functional groups attached to an aromatic ring is 1. The summed E-state index contributed by atoms with van der Waals surface area (Å²) >= 11 is 6.04. The number of morpholine rings is 1. The third-order valence-electron chi connectivity index (χ3n) is 3.21. The van der Waals surface area contributed by atoms with Crippen molar-refractivity contribution >= 4 is 29.4 Å².